The summed E-state index contributed by atoms with van der Waals surface area (Å²) in [5.74, 6) is 0. The highest BCUT2D eigenvalue weighted by Crippen LogP contribution is 2.23. The van der Waals surface area contributed by atoms with Crippen LogP contribution in [0.3, 0.4) is 0 Å². The van der Waals surface area contributed by atoms with Crippen LogP contribution < -0.4 is 0 Å². The van der Waals surface area contributed by atoms with Crippen LogP contribution in [0.15, 0.2) is 167 Å². The van der Waals surface area contributed by atoms with Gasteiger partial charge in [0.2, 0.25) is 0 Å². The lowest BCUT2D eigenvalue weighted by molar-refractivity contribution is 0.438. The van der Waals surface area contributed by atoms with Crippen LogP contribution >= 0.6 is 0 Å². The molecule has 292 valence electrons. The lowest BCUT2D eigenvalue weighted by Crippen LogP contribution is -2.44. The molecule has 0 radical (unpaired) electrons. The molecule has 0 amide bonds. The summed E-state index contributed by atoms with van der Waals surface area (Å²) in [6.45, 7) is 23.7. The maximum absolute atomic E-state index is 5.72. The maximum atomic E-state index is 5.72. The van der Waals surface area contributed by atoms with E-state index in [4.69, 9.17) is 15.3 Å². The third-order valence-electron chi connectivity index (χ3n) is 9.55. The highest BCUT2D eigenvalue weighted by Gasteiger charge is 2.28. The first kappa shape index (κ1) is 42.3. The Morgan fingerprint density at radius 2 is 0.607 bits per heavy atom. The van der Waals surface area contributed by atoms with Gasteiger partial charge >= 0.3 is 0 Å². The molecule has 0 fully saturated rings. The lowest BCUT2D eigenvalue weighted by Gasteiger charge is -2.34. The van der Waals surface area contributed by atoms with Crippen molar-refractivity contribution in [3.8, 4) is 0 Å². The number of hydrazone groups is 3. The molecule has 0 aliphatic carbocycles. The van der Waals surface area contributed by atoms with Gasteiger partial charge in [-0.2, -0.15) is 15.3 Å². The summed E-state index contributed by atoms with van der Waals surface area (Å²) >= 11 is 0. The third kappa shape index (κ3) is 13.1. The Balaban J connectivity index is 1.69. The molecule has 5 rings (SSSR count). The third-order valence-corrected chi connectivity index (χ3v) is 15.0. The number of nitrogens with zero attached hydrogens (tertiary/aromatic N) is 6. The van der Waals surface area contributed by atoms with E-state index in [-0.39, 0.29) is 0 Å². The summed E-state index contributed by atoms with van der Waals surface area (Å²) < 4.78 is 7.15. The van der Waals surface area contributed by atoms with Crippen LogP contribution in [0.4, 0.5) is 0 Å². The average Bonchev–Trinajstić information content (AvgIpc) is 3.17. The van der Waals surface area contributed by atoms with Crippen LogP contribution in [0.25, 0.3) is 0 Å². The fraction of sp³-hybridized carbons (Fsp3) is 0.298. The molecule has 0 saturated heterocycles. The van der Waals surface area contributed by atoms with Crippen molar-refractivity contribution in [3.63, 3.8) is 0 Å². The summed E-state index contributed by atoms with van der Waals surface area (Å²) in [6.07, 6.45) is 1.18. The van der Waals surface area contributed by atoms with Gasteiger partial charge in [0, 0.05) is 18.6 Å². The standard InChI is InChI=1S/C47H62N6Si3/c1-54(2,3)51(37-40-25-15-10-16-26-40)48-45(35-46(43-31-21-13-22-32-43)49-52(55(4,5)6)38-41-27-17-11-18-28-41)36-47(44-33-23-14-24-34-44)50-53(56(7,8)9)39-42-29-19-12-20-30-42/h10-34H,35-39H2,1-9H3. The van der Waals surface area contributed by atoms with Crippen molar-refractivity contribution in [1.82, 2.24) is 14.0 Å². The van der Waals surface area contributed by atoms with Crippen LogP contribution in [0.1, 0.15) is 40.7 Å². The molecule has 0 aliphatic heterocycles. The second kappa shape index (κ2) is 19.3. The summed E-state index contributed by atoms with van der Waals surface area (Å²) in [7, 11) is -5.79. The highest BCUT2D eigenvalue weighted by molar-refractivity contribution is 6.74. The minimum Gasteiger partial charge on any atom is -0.320 e. The van der Waals surface area contributed by atoms with Crippen molar-refractivity contribution in [2.24, 2.45) is 15.3 Å². The molecule has 5 aromatic carbocycles. The first-order valence-corrected chi connectivity index (χ1v) is 30.3. The molecule has 0 unspecified atom stereocenters. The van der Waals surface area contributed by atoms with Crippen molar-refractivity contribution in [2.75, 3.05) is 0 Å². The van der Waals surface area contributed by atoms with E-state index in [1.807, 2.05) is 0 Å². The van der Waals surface area contributed by atoms with Gasteiger partial charge in [0.15, 0.2) is 24.7 Å². The highest BCUT2D eigenvalue weighted by atomic mass is 28.3. The molecule has 0 N–H and O–H groups in total. The molecular formula is C47H62N6Si3. The van der Waals surface area contributed by atoms with Crippen molar-refractivity contribution in [1.29, 1.82) is 0 Å². The Hall–Kier alpha value is -4.84. The fourth-order valence-corrected chi connectivity index (χ4v) is 9.42. The van der Waals surface area contributed by atoms with E-state index in [1.54, 1.807) is 0 Å². The molecule has 0 spiro atoms. The molecule has 0 heterocycles. The van der Waals surface area contributed by atoms with E-state index in [2.05, 4.69) is 225 Å². The van der Waals surface area contributed by atoms with E-state index in [9.17, 15) is 0 Å². The fourth-order valence-electron chi connectivity index (χ4n) is 6.17. The molecule has 0 saturated carbocycles. The van der Waals surface area contributed by atoms with Gasteiger partial charge < -0.3 is 14.0 Å². The minimum absolute atomic E-state index is 0.590. The van der Waals surface area contributed by atoms with Crippen molar-refractivity contribution in [3.05, 3.63) is 179 Å². The number of rotatable bonds is 18. The summed E-state index contributed by atoms with van der Waals surface area (Å²) in [5, 5.41) is 17.0. The Bertz CT molecular complexity index is 1900. The predicted octanol–water partition coefficient (Wildman–Crippen LogP) is 11.9. The van der Waals surface area contributed by atoms with Crippen LogP contribution in [0.5, 0.6) is 0 Å². The van der Waals surface area contributed by atoms with E-state index >= 15 is 0 Å². The van der Waals surface area contributed by atoms with Gasteiger partial charge in [0.05, 0.1) is 31.1 Å². The van der Waals surface area contributed by atoms with Crippen molar-refractivity contribution in [2.45, 2.75) is 91.4 Å². The SMILES string of the molecule is C[Si](C)(C)N(Cc1ccccc1)N=C(CC(=NN(Cc1ccccc1)[Si](C)(C)C)c1ccccc1)CC(=NN(Cc1ccccc1)[Si](C)(C)C)c1ccccc1. The van der Waals surface area contributed by atoms with Crippen molar-refractivity contribution < 1.29 is 0 Å². The van der Waals surface area contributed by atoms with Gasteiger partial charge in [-0.3, -0.25) is 0 Å². The Labute approximate surface area is 340 Å². The smallest absolute Gasteiger partial charge is 0.169 e. The molecule has 0 bridgehead atoms. The summed E-state index contributed by atoms with van der Waals surface area (Å²) in [5.41, 5.74) is 9.11. The molecule has 56 heavy (non-hydrogen) atoms. The summed E-state index contributed by atoms with van der Waals surface area (Å²) in [6, 6.07) is 53.6. The van der Waals surface area contributed by atoms with Gasteiger partial charge in [0.25, 0.3) is 0 Å². The molecular weight excluding hydrogens is 733 g/mol. The molecule has 0 atom stereocenters. The average molecular weight is 795 g/mol. The van der Waals surface area contributed by atoms with Gasteiger partial charge in [-0.05, 0) is 27.8 Å². The Kier molecular flexibility index (Phi) is 14.6. The molecule has 0 aliphatic rings. The normalized spacial score (nSPS) is 12.6. The van der Waals surface area contributed by atoms with E-state index in [0.29, 0.717) is 12.8 Å². The van der Waals surface area contributed by atoms with Gasteiger partial charge in [-0.25, -0.2) is 0 Å². The number of hydrogen-bond acceptors (Lipinski definition) is 6. The Morgan fingerprint density at radius 1 is 0.357 bits per heavy atom. The molecule has 6 nitrogen and oxygen atoms in total. The summed E-state index contributed by atoms with van der Waals surface area (Å²) in [4.78, 5) is 0. The monoisotopic (exact) mass is 794 g/mol. The molecule has 9 heteroatoms. The number of hydrogen-bond donors (Lipinski definition) is 0. The zero-order valence-corrected chi connectivity index (χ0v) is 38.2. The molecule has 5 aromatic rings. The van der Waals surface area contributed by atoms with Crippen LogP contribution in [-0.2, 0) is 19.6 Å². The first-order chi connectivity index (χ1) is 26.6. The van der Waals surface area contributed by atoms with Gasteiger partial charge in [-0.15, -0.1) is 0 Å². The minimum atomic E-state index is -1.96. The van der Waals surface area contributed by atoms with E-state index < -0.39 is 24.7 Å². The second-order valence-electron chi connectivity index (χ2n) is 17.5. The van der Waals surface area contributed by atoms with E-state index in [0.717, 1.165) is 47.9 Å². The quantitative estimate of drug-likeness (QED) is 0.0504. The topological polar surface area (TPSA) is 46.8 Å². The first-order valence-electron chi connectivity index (χ1n) is 19.9. The van der Waals surface area contributed by atoms with Crippen LogP contribution in [0, 0.1) is 0 Å². The zero-order chi connectivity index (χ0) is 40.2. The molecule has 0 aromatic heterocycles. The van der Waals surface area contributed by atoms with Crippen molar-refractivity contribution >= 4 is 41.8 Å². The van der Waals surface area contributed by atoms with Crippen LogP contribution in [0.2, 0.25) is 58.9 Å². The van der Waals surface area contributed by atoms with Gasteiger partial charge in [0.1, 0.15) is 0 Å². The predicted molar refractivity (Wildman–Crippen MR) is 249 cm³/mol. The lowest BCUT2D eigenvalue weighted by atomic mass is 9.99. The number of benzene rings is 5. The van der Waals surface area contributed by atoms with E-state index in [1.165, 1.54) is 16.7 Å². The van der Waals surface area contributed by atoms with Crippen LogP contribution in [-0.4, -0.2) is 55.9 Å². The second-order valence-corrected chi connectivity index (χ2v) is 32.1. The largest absolute Gasteiger partial charge is 0.320 e. The zero-order valence-electron chi connectivity index (χ0n) is 35.2. The maximum Gasteiger partial charge on any atom is 0.169 e. The van der Waals surface area contributed by atoms with Gasteiger partial charge in [-0.1, -0.05) is 211 Å². The Morgan fingerprint density at radius 3 is 0.875 bits per heavy atom.